The van der Waals surface area contributed by atoms with Crippen LogP contribution < -0.4 is 4.90 Å². The summed E-state index contributed by atoms with van der Waals surface area (Å²) in [5, 5.41) is 1.58. The molecule has 0 unspecified atom stereocenters. The first kappa shape index (κ1) is 18.8. The molecule has 1 aliphatic rings. The zero-order valence-corrected chi connectivity index (χ0v) is 16.6. The standard InChI is InChI=1S/C20H18ClFN4OS/c21-16-5-1-14(2-6-16)13-18-23-20(28-24-18)26-11-9-25(10-12-26)19(27)15-3-7-17(22)8-4-15/h1-8H,9-13H2. The molecule has 0 radical (unpaired) electrons. The van der Waals surface area contributed by atoms with E-state index in [0.29, 0.717) is 43.2 Å². The first-order valence-corrected chi connectivity index (χ1v) is 10.1. The molecule has 0 bridgehead atoms. The lowest BCUT2D eigenvalue weighted by Gasteiger charge is -2.34. The van der Waals surface area contributed by atoms with Gasteiger partial charge in [-0.25, -0.2) is 9.37 Å². The van der Waals surface area contributed by atoms with Crippen molar-refractivity contribution < 1.29 is 9.18 Å². The maximum absolute atomic E-state index is 13.0. The van der Waals surface area contributed by atoms with Crippen molar-refractivity contribution in [3.8, 4) is 0 Å². The zero-order chi connectivity index (χ0) is 19.5. The maximum atomic E-state index is 13.0. The summed E-state index contributed by atoms with van der Waals surface area (Å²) in [6, 6.07) is 13.4. The number of hydrogen-bond acceptors (Lipinski definition) is 5. The van der Waals surface area contributed by atoms with Gasteiger partial charge in [0.2, 0.25) is 5.13 Å². The maximum Gasteiger partial charge on any atom is 0.253 e. The van der Waals surface area contributed by atoms with Crippen LogP contribution in [-0.2, 0) is 6.42 Å². The Kier molecular flexibility index (Phi) is 5.54. The zero-order valence-electron chi connectivity index (χ0n) is 15.0. The predicted octanol–water partition coefficient (Wildman–Crippen LogP) is 3.88. The van der Waals surface area contributed by atoms with E-state index < -0.39 is 0 Å². The molecule has 1 saturated heterocycles. The largest absolute Gasteiger partial charge is 0.343 e. The van der Waals surface area contributed by atoms with Crippen molar-refractivity contribution in [2.24, 2.45) is 0 Å². The monoisotopic (exact) mass is 416 g/mol. The molecular formula is C20H18ClFN4OS. The number of carbonyl (C=O) groups is 1. The summed E-state index contributed by atoms with van der Waals surface area (Å²) < 4.78 is 17.5. The average Bonchev–Trinajstić information content (AvgIpc) is 3.18. The van der Waals surface area contributed by atoms with Crippen LogP contribution in [0.1, 0.15) is 21.7 Å². The third-order valence-electron chi connectivity index (χ3n) is 4.66. The molecule has 1 aromatic heterocycles. The highest BCUT2D eigenvalue weighted by atomic mass is 35.5. The molecule has 0 N–H and O–H groups in total. The first-order valence-electron chi connectivity index (χ1n) is 8.95. The minimum absolute atomic E-state index is 0.0691. The van der Waals surface area contributed by atoms with Crippen LogP contribution in [0.5, 0.6) is 0 Å². The Morgan fingerprint density at radius 1 is 1.04 bits per heavy atom. The van der Waals surface area contributed by atoms with E-state index in [2.05, 4.69) is 14.3 Å². The van der Waals surface area contributed by atoms with Crippen molar-refractivity contribution in [1.82, 2.24) is 14.3 Å². The third-order valence-corrected chi connectivity index (χ3v) is 5.73. The van der Waals surface area contributed by atoms with Crippen LogP contribution in [0.3, 0.4) is 0 Å². The smallest absolute Gasteiger partial charge is 0.253 e. The summed E-state index contributed by atoms with van der Waals surface area (Å²) in [4.78, 5) is 21.1. The van der Waals surface area contributed by atoms with Crippen LogP contribution >= 0.6 is 23.1 Å². The molecule has 3 aromatic rings. The van der Waals surface area contributed by atoms with E-state index in [0.717, 1.165) is 16.5 Å². The van der Waals surface area contributed by atoms with Crippen LogP contribution in [0.4, 0.5) is 9.52 Å². The number of benzene rings is 2. The Morgan fingerprint density at radius 2 is 1.71 bits per heavy atom. The fraction of sp³-hybridized carbons (Fsp3) is 0.250. The van der Waals surface area contributed by atoms with E-state index in [9.17, 15) is 9.18 Å². The van der Waals surface area contributed by atoms with Crippen molar-refractivity contribution in [3.63, 3.8) is 0 Å². The summed E-state index contributed by atoms with van der Waals surface area (Å²) in [6.07, 6.45) is 0.663. The fourth-order valence-corrected chi connectivity index (χ4v) is 3.97. The summed E-state index contributed by atoms with van der Waals surface area (Å²) in [5.74, 6) is 0.375. The van der Waals surface area contributed by atoms with Crippen molar-refractivity contribution in [2.75, 3.05) is 31.1 Å². The van der Waals surface area contributed by atoms with E-state index in [1.54, 1.807) is 4.90 Å². The topological polar surface area (TPSA) is 49.3 Å². The Hall–Kier alpha value is -2.51. The normalized spacial score (nSPS) is 14.4. The van der Waals surface area contributed by atoms with Gasteiger partial charge in [0.1, 0.15) is 11.6 Å². The molecule has 8 heteroatoms. The van der Waals surface area contributed by atoms with Gasteiger partial charge in [-0.05, 0) is 42.0 Å². The minimum atomic E-state index is -0.341. The van der Waals surface area contributed by atoms with E-state index in [4.69, 9.17) is 11.6 Å². The second-order valence-corrected chi connectivity index (χ2v) is 7.75. The van der Waals surface area contributed by atoms with Gasteiger partial charge in [-0.1, -0.05) is 23.7 Å². The SMILES string of the molecule is O=C(c1ccc(F)cc1)N1CCN(c2nc(Cc3ccc(Cl)cc3)ns2)CC1. The molecule has 0 spiro atoms. The summed E-state index contributed by atoms with van der Waals surface area (Å²) in [6.45, 7) is 2.59. The summed E-state index contributed by atoms with van der Waals surface area (Å²) in [7, 11) is 0. The van der Waals surface area contributed by atoms with Crippen molar-refractivity contribution >= 4 is 34.2 Å². The molecule has 0 aliphatic carbocycles. The van der Waals surface area contributed by atoms with Gasteiger partial charge in [-0.2, -0.15) is 4.37 Å². The number of aromatic nitrogens is 2. The van der Waals surface area contributed by atoms with Gasteiger partial charge >= 0.3 is 0 Å². The molecule has 5 nitrogen and oxygen atoms in total. The lowest BCUT2D eigenvalue weighted by Crippen LogP contribution is -2.48. The second-order valence-electron chi connectivity index (χ2n) is 6.58. The molecule has 28 heavy (non-hydrogen) atoms. The highest BCUT2D eigenvalue weighted by Crippen LogP contribution is 2.21. The van der Waals surface area contributed by atoms with Gasteiger partial charge in [0.05, 0.1) is 0 Å². The summed E-state index contributed by atoms with van der Waals surface area (Å²) in [5.41, 5.74) is 1.62. The van der Waals surface area contributed by atoms with Crippen LogP contribution in [-0.4, -0.2) is 46.3 Å². The first-order chi connectivity index (χ1) is 13.6. The molecule has 4 rings (SSSR count). The number of anilines is 1. The van der Waals surface area contributed by atoms with Crippen molar-refractivity contribution in [3.05, 3.63) is 76.3 Å². The van der Waals surface area contributed by atoms with Gasteiger partial charge in [-0.3, -0.25) is 4.79 Å². The number of rotatable bonds is 4. The van der Waals surface area contributed by atoms with Crippen LogP contribution in [0.2, 0.25) is 5.02 Å². The number of piperazine rings is 1. The van der Waals surface area contributed by atoms with E-state index >= 15 is 0 Å². The lowest BCUT2D eigenvalue weighted by molar-refractivity contribution is 0.0746. The van der Waals surface area contributed by atoms with E-state index in [1.807, 2.05) is 24.3 Å². The Balaban J connectivity index is 1.35. The van der Waals surface area contributed by atoms with E-state index in [-0.39, 0.29) is 11.7 Å². The minimum Gasteiger partial charge on any atom is -0.343 e. The molecule has 2 aromatic carbocycles. The molecule has 1 fully saturated rings. The van der Waals surface area contributed by atoms with Gasteiger partial charge in [-0.15, -0.1) is 0 Å². The van der Waals surface area contributed by atoms with Crippen LogP contribution in [0.25, 0.3) is 0 Å². The molecule has 1 aliphatic heterocycles. The number of hydrogen-bond donors (Lipinski definition) is 0. The number of halogens is 2. The van der Waals surface area contributed by atoms with Crippen molar-refractivity contribution in [1.29, 1.82) is 0 Å². The molecule has 0 saturated carbocycles. The highest BCUT2D eigenvalue weighted by molar-refractivity contribution is 7.09. The lowest BCUT2D eigenvalue weighted by atomic mass is 10.1. The number of nitrogens with zero attached hydrogens (tertiary/aromatic N) is 4. The highest BCUT2D eigenvalue weighted by Gasteiger charge is 2.24. The Morgan fingerprint density at radius 3 is 2.39 bits per heavy atom. The average molecular weight is 417 g/mol. The van der Waals surface area contributed by atoms with Crippen LogP contribution in [0, 0.1) is 5.82 Å². The van der Waals surface area contributed by atoms with Gasteiger partial charge in [0.15, 0.2) is 0 Å². The molecule has 0 atom stereocenters. The molecule has 144 valence electrons. The quantitative estimate of drug-likeness (QED) is 0.647. The van der Waals surface area contributed by atoms with Crippen molar-refractivity contribution in [2.45, 2.75) is 6.42 Å². The molecule has 1 amide bonds. The Labute approximate surface area is 171 Å². The molecular weight excluding hydrogens is 399 g/mol. The number of carbonyl (C=O) groups excluding carboxylic acids is 1. The van der Waals surface area contributed by atoms with Gasteiger partial charge in [0, 0.05) is 54.7 Å². The van der Waals surface area contributed by atoms with Gasteiger partial charge < -0.3 is 9.80 Å². The fourth-order valence-electron chi connectivity index (χ4n) is 3.11. The molecule has 2 heterocycles. The number of amides is 1. The Bertz CT molecular complexity index is 953. The van der Waals surface area contributed by atoms with Crippen LogP contribution in [0.15, 0.2) is 48.5 Å². The third kappa shape index (κ3) is 4.31. The van der Waals surface area contributed by atoms with E-state index in [1.165, 1.54) is 35.8 Å². The summed E-state index contributed by atoms with van der Waals surface area (Å²) >= 11 is 7.30. The van der Waals surface area contributed by atoms with Gasteiger partial charge in [0.25, 0.3) is 5.91 Å². The second kappa shape index (κ2) is 8.24. The predicted molar refractivity (Wildman–Crippen MR) is 109 cm³/mol.